The summed E-state index contributed by atoms with van der Waals surface area (Å²) < 4.78 is 13.9. The zero-order valence-corrected chi connectivity index (χ0v) is 20.6. The molecular weight excluding hydrogens is 416 g/mol. The van der Waals surface area contributed by atoms with Gasteiger partial charge in [0.2, 0.25) is 0 Å². The maximum Gasteiger partial charge on any atom is 0.199 e. The van der Waals surface area contributed by atoms with E-state index in [1.54, 1.807) is 12.2 Å². The van der Waals surface area contributed by atoms with Crippen molar-refractivity contribution in [1.29, 1.82) is 0 Å². The Morgan fingerprint density at radius 2 is 1.73 bits per heavy atom. The van der Waals surface area contributed by atoms with Crippen molar-refractivity contribution < 1.29 is 24.2 Å². The van der Waals surface area contributed by atoms with Crippen LogP contribution in [0.2, 0.25) is 0 Å². The maximum atomic E-state index is 13.4. The molecule has 5 nitrogen and oxygen atoms in total. The highest BCUT2D eigenvalue weighted by Gasteiger charge is 2.76. The van der Waals surface area contributed by atoms with E-state index in [9.17, 15) is 14.7 Å². The highest BCUT2D eigenvalue weighted by Crippen LogP contribution is 2.72. The predicted octanol–water partition coefficient (Wildman–Crippen LogP) is 4.30. The first-order valence-electron chi connectivity index (χ1n) is 12.6. The second-order valence-electron chi connectivity index (χ2n) is 12.5. The Balaban J connectivity index is 1.55. The van der Waals surface area contributed by atoms with Gasteiger partial charge in [-0.2, -0.15) is 0 Å². The summed E-state index contributed by atoms with van der Waals surface area (Å²) in [5, 5.41) is 11.5. The van der Waals surface area contributed by atoms with Crippen LogP contribution in [-0.2, 0) is 19.1 Å². The van der Waals surface area contributed by atoms with Crippen molar-refractivity contribution >= 4 is 11.6 Å². The van der Waals surface area contributed by atoms with Gasteiger partial charge in [-0.25, -0.2) is 0 Å². The van der Waals surface area contributed by atoms with Gasteiger partial charge in [-0.3, -0.25) is 9.59 Å². The largest absolute Gasteiger partial charge is 0.387 e. The van der Waals surface area contributed by atoms with E-state index >= 15 is 0 Å². The lowest BCUT2D eigenvalue weighted by Gasteiger charge is -2.63. The number of aliphatic hydroxyl groups excluding tert-OH is 1. The van der Waals surface area contributed by atoms with Crippen LogP contribution in [-0.4, -0.2) is 39.8 Å². The van der Waals surface area contributed by atoms with Gasteiger partial charge in [-0.05, 0) is 56.8 Å². The Kier molecular flexibility index (Phi) is 4.10. The van der Waals surface area contributed by atoms with Crippen LogP contribution in [0, 0.1) is 34.5 Å². The molecule has 0 amide bonds. The third-order valence-electron chi connectivity index (χ3n) is 10.9. The molecule has 2 saturated heterocycles. The van der Waals surface area contributed by atoms with E-state index in [0.717, 1.165) is 18.4 Å². The van der Waals surface area contributed by atoms with Crippen molar-refractivity contribution in [3.05, 3.63) is 35.5 Å². The first kappa shape index (κ1) is 21.9. The molecule has 6 rings (SSSR count). The first-order valence-corrected chi connectivity index (χ1v) is 12.6. The molecule has 6 aliphatic rings. The Bertz CT molecular complexity index is 1070. The Morgan fingerprint density at radius 3 is 2.39 bits per heavy atom. The van der Waals surface area contributed by atoms with Gasteiger partial charge in [0, 0.05) is 40.6 Å². The van der Waals surface area contributed by atoms with E-state index in [1.165, 1.54) is 0 Å². The molecule has 0 aromatic carbocycles. The van der Waals surface area contributed by atoms with E-state index in [2.05, 4.69) is 32.9 Å². The molecule has 1 saturated carbocycles. The summed E-state index contributed by atoms with van der Waals surface area (Å²) in [5.74, 6) is -0.918. The molecule has 1 N–H and O–H groups in total. The van der Waals surface area contributed by atoms with E-state index < -0.39 is 28.5 Å². The Morgan fingerprint density at radius 1 is 1.00 bits per heavy atom. The normalized spacial score (nSPS) is 54.0. The number of fused-ring (bicyclic) bond motifs is 3. The number of ether oxygens (including phenoxy) is 2. The second-order valence-corrected chi connectivity index (χ2v) is 12.5. The quantitative estimate of drug-likeness (QED) is 0.555. The molecule has 9 atom stereocenters. The third-order valence-corrected chi connectivity index (χ3v) is 10.9. The second kappa shape index (κ2) is 6.16. The number of hydrogen-bond donors (Lipinski definition) is 1. The number of hydrogen-bond acceptors (Lipinski definition) is 5. The number of carbonyl (C=O) groups excluding carboxylic acids is 2. The minimum absolute atomic E-state index is 0.00388. The number of allylic oxidation sites excluding steroid dienone is 4. The SMILES string of the molecule is C[C@H]1[C@@H](O)[C@@]2(OC1(C)C)O[C@]13CC[C@H]([C@@H]2C)[C@]1(C)C=C[C@H]1C3=CC(=O)C2=CC(=O)CC[C@@]21C. The van der Waals surface area contributed by atoms with E-state index in [-0.39, 0.29) is 40.7 Å². The van der Waals surface area contributed by atoms with Crippen LogP contribution in [0.5, 0.6) is 0 Å². The van der Waals surface area contributed by atoms with Gasteiger partial charge in [-0.15, -0.1) is 0 Å². The van der Waals surface area contributed by atoms with Crippen molar-refractivity contribution in [3.63, 3.8) is 0 Å². The van der Waals surface area contributed by atoms with Crippen LogP contribution in [0.1, 0.15) is 67.2 Å². The third kappa shape index (κ3) is 2.30. The molecule has 2 heterocycles. The smallest absolute Gasteiger partial charge is 0.199 e. The van der Waals surface area contributed by atoms with Crippen molar-refractivity contribution in [1.82, 2.24) is 0 Å². The first-order chi connectivity index (χ1) is 15.3. The predicted molar refractivity (Wildman–Crippen MR) is 123 cm³/mol. The van der Waals surface area contributed by atoms with Crippen LogP contribution in [0.15, 0.2) is 35.5 Å². The average Bonchev–Trinajstić information content (AvgIpc) is 3.07. The zero-order chi connectivity index (χ0) is 23.8. The molecule has 4 aliphatic carbocycles. The molecule has 0 aromatic rings. The van der Waals surface area contributed by atoms with Gasteiger partial charge >= 0.3 is 0 Å². The number of aliphatic hydroxyl groups is 1. The summed E-state index contributed by atoms with van der Waals surface area (Å²) in [6, 6.07) is 0. The lowest BCUT2D eigenvalue weighted by molar-refractivity contribution is -0.371. The van der Waals surface area contributed by atoms with Crippen molar-refractivity contribution in [2.24, 2.45) is 34.5 Å². The number of carbonyl (C=O) groups is 2. The lowest BCUT2D eigenvalue weighted by atomic mass is 9.49. The molecule has 2 aliphatic heterocycles. The molecule has 2 bridgehead atoms. The Hall–Kier alpha value is -1.56. The molecule has 5 heteroatoms. The zero-order valence-electron chi connectivity index (χ0n) is 20.6. The number of rotatable bonds is 0. The average molecular weight is 453 g/mol. The summed E-state index contributed by atoms with van der Waals surface area (Å²) in [6.45, 7) is 12.7. The summed E-state index contributed by atoms with van der Waals surface area (Å²) in [5.41, 5.74) is -0.242. The monoisotopic (exact) mass is 452 g/mol. The number of ketones is 2. The van der Waals surface area contributed by atoms with Gasteiger partial charge in [-0.1, -0.05) is 39.8 Å². The molecule has 0 unspecified atom stereocenters. The highest BCUT2D eigenvalue weighted by molar-refractivity contribution is 6.12. The maximum absolute atomic E-state index is 13.4. The van der Waals surface area contributed by atoms with Crippen LogP contribution < -0.4 is 0 Å². The van der Waals surface area contributed by atoms with Crippen LogP contribution in [0.4, 0.5) is 0 Å². The van der Waals surface area contributed by atoms with Crippen molar-refractivity contribution in [2.45, 2.75) is 90.3 Å². The van der Waals surface area contributed by atoms with Gasteiger partial charge in [0.05, 0.1) is 5.60 Å². The highest BCUT2D eigenvalue weighted by atomic mass is 16.7. The van der Waals surface area contributed by atoms with Crippen molar-refractivity contribution in [3.8, 4) is 0 Å². The molecule has 0 radical (unpaired) electrons. The fraction of sp³-hybridized carbons (Fsp3) is 0.714. The van der Waals surface area contributed by atoms with E-state index in [4.69, 9.17) is 9.47 Å². The molecule has 0 aromatic heterocycles. The van der Waals surface area contributed by atoms with Gasteiger partial charge in [0.1, 0.15) is 11.7 Å². The summed E-state index contributed by atoms with van der Waals surface area (Å²) in [7, 11) is 0. The van der Waals surface area contributed by atoms with Crippen LogP contribution in [0.25, 0.3) is 0 Å². The minimum atomic E-state index is -1.09. The molecule has 33 heavy (non-hydrogen) atoms. The lowest BCUT2D eigenvalue weighted by Crippen LogP contribution is -2.68. The van der Waals surface area contributed by atoms with Crippen molar-refractivity contribution in [2.75, 3.05) is 0 Å². The Labute approximate surface area is 196 Å². The molecule has 178 valence electrons. The summed E-state index contributed by atoms with van der Waals surface area (Å²) in [6.07, 6.45) is 10.1. The molecule has 3 fully saturated rings. The fourth-order valence-corrected chi connectivity index (χ4v) is 8.54. The van der Waals surface area contributed by atoms with Gasteiger partial charge in [0.15, 0.2) is 17.4 Å². The topological polar surface area (TPSA) is 72.8 Å². The summed E-state index contributed by atoms with van der Waals surface area (Å²) >= 11 is 0. The van der Waals surface area contributed by atoms with Gasteiger partial charge in [0.25, 0.3) is 0 Å². The summed E-state index contributed by atoms with van der Waals surface area (Å²) in [4.78, 5) is 25.6. The fourth-order valence-electron chi connectivity index (χ4n) is 8.54. The minimum Gasteiger partial charge on any atom is -0.387 e. The van der Waals surface area contributed by atoms with E-state index in [0.29, 0.717) is 18.4 Å². The van der Waals surface area contributed by atoms with Crippen LogP contribution >= 0.6 is 0 Å². The standard InChI is InChI=1S/C28H36O5/c1-15-18-9-12-27(33-28(15)23(31)16(2)24(3,4)32-28)20-14-22(30)21-13-17(29)7-10-25(21,5)19(20)8-11-26(18,27)6/h8,11,13-16,18-19,23,31H,7,9-10,12H2,1-6H3/t15-,16-,18+,19-,23+,25+,26-,27-,28-/m0/s1. The molecule has 1 spiro atoms. The molecular formula is C28H36O5. The van der Waals surface area contributed by atoms with Gasteiger partial charge < -0.3 is 14.6 Å². The van der Waals surface area contributed by atoms with E-state index in [1.807, 2.05) is 20.8 Å². The van der Waals surface area contributed by atoms with Crippen LogP contribution in [0.3, 0.4) is 0 Å².